The first kappa shape index (κ1) is 19.7. The number of aliphatic imine (C=N–C) groups is 1. The molecule has 6 nitrogen and oxygen atoms in total. The zero-order valence-corrected chi connectivity index (χ0v) is 16.9. The Balaban J connectivity index is 1.68. The van der Waals surface area contributed by atoms with E-state index >= 15 is 0 Å². The first-order valence-electron chi connectivity index (χ1n) is 10.3. The molecule has 1 fully saturated rings. The summed E-state index contributed by atoms with van der Waals surface area (Å²) in [5.41, 5.74) is 1.56. The highest BCUT2D eigenvalue weighted by molar-refractivity contribution is 6.14. The fourth-order valence-electron chi connectivity index (χ4n) is 4.16. The van der Waals surface area contributed by atoms with Crippen LogP contribution in [0.5, 0.6) is 11.5 Å². The fraction of sp³-hybridized carbons (Fsp3) is 0.364. The predicted molar refractivity (Wildman–Crippen MR) is 108 cm³/mol. The van der Waals surface area contributed by atoms with Crippen LogP contribution in [-0.4, -0.2) is 25.9 Å². The van der Waals surface area contributed by atoms with Crippen LogP contribution in [-0.2, 0) is 6.18 Å². The Labute approximate surface area is 176 Å². The molecule has 9 heteroatoms. The molecule has 31 heavy (non-hydrogen) atoms. The number of fused-ring (bicyclic) bond motifs is 2. The van der Waals surface area contributed by atoms with E-state index in [4.69, 9.17) is 9.73 Å². The molecule has 2 aliphatic rings. The average Bonchev–Trinajstić information content (AvgIpc) is 3.17. The van der Waals surface area contributed by atoms with E-state index in [0.29, 0.717) is 28.5 Å². The molecular formula is C22H20F3N5O. The number of halogens is 3. The minimum Gasteiger partial charge on any atom is -0.454 e. The van der Waals surface area contributed by atoms with Crippen LogP contribution in [0.1, 0.15) is 60.7 Å². The highest BCUT2D eigenvalue weighted by Crippen LogP contribution is 2.42. The topological polar surface area (TPSA) is 65.2 Å². The van der Waals surface area contributed by atoms with E-state index in [9.17, 15) is 13.2 Å². The van der Waals surface area contributed by atoms with E-state index in [1.807, 2.05) is 19.1 Å². The second-order valence-corrected chi connectivity index (χ2v) is 7.98. The number of benzene rings is 2. The number of aromatic nitrogens is 4. The smallest absolute Gasteiger partial charge is 0.416 e. The third kappa shape index (κ3) is 3.68. The largest absolute Gasteiger partial charge is 0.454 e. The van der Waals surface area contributed by atoms with Crippen LogP contribution in [0.4, 0.5) is 18.9 Å². The Kier molecular flexibility index (Phi) is 4.75. The third-order valence-corrected chi connectivity index (χ3v) is 5.76. The summed E-state index contributed by atoms with van der Waals surface area (Å²) in [6.45, 7) is 1.89. The molecule has 2 aromatic carbocycles. The quantitative estimate of drug-likeness (QED) is 0.407. The van der Waals surface area contributed by atoms with E-state index in [1.54, 1.807) is 10.7 Å². The summed E-state index contributed by atoms with van der Waals surface area (Å²) >= 11 is 0. The summed E-state index contributed by atoms with van der Waals surface area (Å²) in [6, 6.07) is 9.03. The molecule has 160 valence electrons. The van der Waals surface area contributed by atoms with Crippen molar-refractivity contribution < 1.29 is 17.9 Å². The molecule has 0 spiro atoms. The minimum absolute atomic E-state index is 0.0494. The lowest BCUT2D eigenvalue weighted by atomic mass is 9.95. The van der Waals surface area contributed by atoms with Crippen LogP contribution in [0.25, 0.3) is 0 Å². The van der Waals surface area contributed by atoms with Gasteiger partial charge in [0.15, 0.2) is 5.75 Å². The molecule has 2 heterocycles. The van der Waals surface area contributed by atoms with Crippen LogP contribution >= 0.6 is 0 Å². The maximum absolute atomic E-state index is 13.3. The number of ether oxygens (including phenoxy) is 1. The second kappa shape index (κ2) is 7.47. The summed E-state index contributed by atoms with van der Waals surface area (Å²) in [5, 5.41) is 12.4. The van der Waals surface area contributed by atoms with Gasteiger partial charge >= 0.3 is 6.18 Å². The van der Waals surface area contributed by atoms with E-state index in [1.165, 1.54) is 12.5 Å². The van der Waals surface area contributed by atoms with Gasteiger partial charge in [0.2, 0.25) is 5.82 Å². The molecule has 0 amide bonds. The van der Waals surface area contributed by atoms with E-state index < -0.39 is 11.7 Å². The lowest BCUT2D eigenvalue weighted by molar-refractivity contribution is -0.137. The summed E-state index contributed by atoms with van der Waals surface area (Å²) in [6.07, 6.45) is 0.899. The highest BCUT2D eigenvalue weighted by atomic mass is 19.4. The van der Waals surface area contributed by atoms with Crippen molar-refractivity contribution in [1.29, 1.82) is 0 Å². The van der Waals surface area contributed by atoms with Crippen molar-refractivity contribution in [2.75, 3.05) is 0 Å². The first-order valence-corrected chi connectivity index (χ1v) is 10.3. The zero-order valence-electron chi connectivity index (χ0n) is 16.9. The molecule has 0 saturated heterocycles. The molecule has 0 N–H and O–H groups in total. The van der Waals surface area contributed by atoms with Gasteiger partial charge < -0.3 is 4.74 Å². The molecule has 1 aliphatic heterocycles. The van der Waals surface area contributed by atoms with Gasteiger partial charge in [-0.15, -0.1) is 5.10 Å². The van der Waals surface area contributed by atoms with Crippen molar-refractivity contribution >= 4 is 11.4 Å². The van der Waals surface area contributed by atoms with E-state index in [-0.39, 0.29) is 11.8 Å². The van der Waals surface area contributed by atoms with Gasteiger partial charge in [-0.05, 0) is 66.1 Å². The molecule has 1 aromatic heterocycles. The van der Waals surface area contributed by atoms with Gasteiger partial charge in [0.1, 0.15) is 17.1 Å². The molecule has 0 radical (unpaired) electrons. The van der Waals surface area contributed by atoms with Crippen LogP contribution in [0.2, 0.25) is 0 Å². The summed E-state index contributed by atoms with van der Waals surface area (Å²) in [7, 11) is 0. The molecule has 1 aliphatic carbocycles. The standard InChI is InChI=1S/C22H20F3N5O/c1-13-7-9-16-18(11-13)31-19-12-14(22(23,24)25)8-10-17(19)26-20(16)21-27-28-29-30(21)15-5-3-2-4-6-15/h7-12,15H,2-6H2,1H3. The lowest BCUT2D eigenvalue weighted by Gasteiger charge is -2.22. The maximum Gasteiger partial charge on any atom is 0.416 e. The minimum atomic E-state index is -4.47. The Morgan fingerprint density at radius 3 is 2.58 bits per heavy atom. The number of nitrogens with zero attached hydrogens (tertiary/aromatic N) is 5. The number of tetrazole rings is 1. The van der Waals surface area contributed by atoms with Crippen molar-refractivity contribution in [2.45, 2.75) is 51.2 Å². The van der Waals surface area contributed by atoms with E-state index in [0.717, 1.165) is 43.4 Å². The lowest BCUT2D eigenvalue weighted by Crippen LogP contribution is -2.20. The molecule has 0 atom stereocenters. The van der Waals surface area contributed by atoms with Gasteiger partial charge in [-0.3, -0.25) is 0 Å². The predicted octanol–water partition coefficient (Wildman–Crippen LogP) is 5.78. The summed E-state index contributed by atoms with van der Waals surface area (Å²) in [4.78, 5) is 4.69. The third-order valence-electron chi connectivity index (χ3n) is 5.76. The fourth-order valence-corrected chi connectivity index (χ4v) is 4.16. The number of hydrogen-bond donors (Lipinski definition) is 0. The molecule has 3 aromatic rings. The molecule has 1 saturated carbocycles. The monoisotopic (exact) mass is 427 g/mol. The Bertz CT molecular complexity index is 1160. The van der Waals surface area contributed by atoms with Gasteiger partial charge in [0.05, 0.1) is 11.6 Å². The van der Waals surface area contributed by atoms with Gasteiger partial charge in [0, 0.05) is 5.56 Å². The van der Waals surface area contributed by atoms with Crippen molar-refractivity contribution in [2.24, 2.45) is 4.99 Å². The maximum atomic E-state index is 13.3. The van der Waals surface area contributed by atoms with Crippen LogP contribution < -0.4 is 4.74 Å². The van der Waals surface area contributed by atoms with E-state index in [2.05, 4.69) is 15.5 Å². The SMILES string of the molecule is Cc1ccc2c(c1)Oc1cc(C(F)(F)F)ccc1N=C2c1nnnn1C1CCCCC1. The van der Waals surface area contributed by atoms with Crippen molar-refractivity contribution in [3.05, 3.63) is 58.9 Å². The van der Waals surface area contributed by atoms with Gasteiger partial charge in [0.25, 0.3) is 0 Å². The summed E-state index contributed by atoms with van der Waals surface area (Å²) in [5.74, 6) is 0.969. The van der Waals surface area contributed by atoms with Gasteiger partial charge in [-0.2, -0.15) is 13.2 Å². The Hall–Kier alpha value is -3.23. The van der Waals surface area contributed by atoms with Gasteiger partial charge in [-0.25, -0.2) is 9.67 Å². The zero-order chi connectivity index (χ0) is 21.6. The molecule has 0 bridgehead atoms. The number of hydrogen-bond acceptors (Lipinski definition) is 5. The summed E-state index contributed by atoms with van der Waals surface area (Å²) < 4.78 is 47.5. The normalized spacial score (nSPS) is 16.7. The van der Waals surface area contributed by atoms with Crippen molar-refractivity contribution in [3.63, 3.8) is 0 Å². The second-order valence-electron chi connectivity index (χ2n) is 7.98. The first-order chi connectivity index (χ1) is 14.9. The molecule has 5 rings (SSSR count). The number of rotatable bonds is 2. The van der Waals surface area contributed by atoms with Gasteiger partial charge in [-0.1, -0.05) is 25.3 Å². The van der Waals surface area contributed by atoms with Crippen molar-refractivity contribution in [3.8, 4) is 11.5 Å². The molecule has 0 unspecified atom stereocenters. The van der Waals surface area contributed by atoms with Crippen LogP contribution in [0, 0.1) is 6.92 Å². The molecular weight excluding hydrogens is 407 g/mol. The Morgan fingerprint density at radius 1 is 1.00 bits per heavy atom. The highest BCUT2D eigenvalue weighted by Gasteiger charge is 2.33. The van der Waals surface area contributed by atoms with Crippen LogP contribution in [0.3, 0.4) is 0 Å². The Morgan fingerprint density at radius 2 is 1.81 bits per heavy atom. The average molecular weight is 427 g/mol. The van der Waals surface area contributed by atoms with Crippen LogP contribution in [0.15, 0.2) is 41.4 Å². The number of aryl methyl sites for hydroxylation is 1. The van der Waals surface area contributed by atoms with Crippen molar-refractivity contribution in [1.82, 2.24) is 20.2 Å². The number of alkyl halides is 3.